The van der Waals surface area contributed by atoms with E-state index >= 15 is 0 Å². The molecule has 0 atom stereocenters. The van der Waals surface area contributed by atoms with Crippen molar-refractivity contribution in [3.63, 3.8) is 0 Å². The second-order valence-corrected chi connectivity index (χ2v) is 7.64. The smallest absolute Gasteiger partial charge is 0.342 e. The number of aromatic carboxylic acids is 1. The molecular formula is C23H21N3O6. The molecule has 9 heteroatoms. The maximum absolute atomic E-state index is 13.3. The van der Waals surface area contributed by atoms with Gasteiger partial charge in [0, 0.05) is 19.3 Å². The molecule has 1 aliphatic rings. The van der Waals surface area contributed by atoms with E-state index in [9.17, 15) is 24.3 Å². The van der Waals surface area contributed by atoms with Crippen molar-refractivity contribution >= 4 is 17.6 Å². The van der Waals surface area contributed by atoms with Crippen molar-refractivity contribution < 1.29 is 19.4 Å². The maximum Gasteiger partial charge on any atom is 0.342 e. The lowest BCUT2D eigenvalue weighted by Gasteiger charge is -2.26. The molecule has 0 fully saturated rings. The predicted octanol–water partition coefficient (Wildman–Crippen LogP) is 1.72. The van der Waals surface area contributed by atoms with Gasteiger partial charge in [0.2, 0.25) is 0 Å². The number of likely N-dealkylation sites (N-methyl/N-ethyl adjacent to an activating group) is 1. The minimum absolute atomic E-state index is 0.0645. The molecule has 1 amide bonds. The molecule has 0 aliphatic carbocycles. The van der Waals surface area contributed by atoms with E-state index < -0.39 is 22.8 Å². The highest BCUT2D eigenvalue weighted by Gasteiger charge is 2.24. The van der Waals surface area contributed by atoms with Crippen LogP contribution in [-0.4, -0.2) is 39.8 Å². The van der Waals surface area contributed by atoms with Gasteiger partial charge in [0.15, 0.2) is 6.61 Å². The number of ether oxygens (including phenoxy) is 1. The maximum atomic E-state index is 13.3. The lowest BCUT2D eigenvalue weighted by atomic mass is 10.0. The van der Waals surface area contributed by atoms with Crippen LogP contribution in [0.5, 0.6) is 5.75 Å². The first kappa shape index (κ1) is 21.1. The lowest BCUT2D eigenvalue weighted by molar-refractivity contribution is -0.120. The van der Waals surface area contributed by atoms with Gasteiger partial charge in [-0.25, -0.2) is 9.59 Å². The quantitative estimate of drug-likeness (QED) is 0.668. The highest BCUT2D eigenvalue weighted by molar-refractivity contribution is 5.97. The van der Waals surface area contributed by atoms with Gasteiger partial charge in [0.25, 0.3) is 11.5 Å². The topological polar surface area (TPSA) is 111 Å². The zero-order chi connectivity index (χ0) is 23.2. The van der Waals surface area contributed by atoms with E-state index in [4.69, 9.17) is 4.74 Å². The monoisotopic (exact) mass is 435 g/mol. The van der Waals surface area contributed by atoms with Crippen LogP contribution >= 0.6 is 0 Å². The van der Waals surface area contributed by atoms with Crippen LogP contribution in [0.15, 0.2) is 52.2 Å². The fourth-order valence-electron chi connectivity index (χ4n) is 3.64. The van der Waals surface area contributed by atoms with E-state index in [2.05, 4.69) is 0 Å². The second kappa shape index (κ2) is 7.84. The fourth-order valence-corrected chi connectivity index (χ4v) is 3.64. The van der Waals surface area contributed by atoms with E-state index in [0.717, 1.165) is 32.0 Å². The number of aryl methyl sites for hydroxylation is 1. The largest absolute Gasteiger partial charge is 0.481 e. The standard InChI is InChI=1S/C23H21N3O6/c1-13-5-4-6-15(14(13)2)10-26-21(28)17(22(29)30)11-25(23(26)31)16-7-8-18-19(9-16)32-12-20(27)24(18)3/h4-9,11H,10,12H2,1-3H3,(H,29,30). The van der Waals surface area contributed by atoms with Gasteiger partial charge in [-0.15, -0.1) is 0 Å². The number of benzene rings is 2. The Morgan fingerprint density at radius 1 is 1.12 bits per heavy atom. The minimum atomic E-state index is -1.43. The Labute approximate surface area is 182 Å². The number of aromatic nitrogens is 2. The van der Waals surface area contributed by atoms with Crippen molar-refractivity contribution in [1.82, 2.24) is 9.13 Å². The Morgan fingerprint density at radius 2 is 1.88 bits per heavy atom. The number of nitrogens with zero attached hydrogens (tertiary/aromatic N) is 3. The van der Waals surface area contributed by atoms with Gasteiger partial charge in [-0.05, 0) is 42.7 Å². The Hall–Kier alpha value is -4.14. The Kier molecular flexibility index (Phi) is 5.17. The molecule has 2 aromatic carbocycles. The molecular weight excluding hydrogens is 414 g/mol. The van der Waals surface area contributed by atoms with Gasteiger partial charge < -0.3 is 14.7 Å². The number of anilines is 1. The fraction of sp³-hybridized carbons (Fsp3) is 0.217. The van der Waals surface area contributed by atoms with Gasteiger partial charge >= 0.3 is 11.7 Å². The predicted molar refractivity (Wildman–Crippen MR) is 117 cm³/mol. The van der Waals surface area contributed by atoms with Crippen molar-refractivity contribution in [2.75, 3.05) is 18.6 Å². The molecule has 0 unspecified atom stereocenters. The van der Waals surface area contributed by atoms with E-state index in [-0.39, 0.29) is 19.1 Å². The van der Waals surface area contributed by atoms with Crippen molar-refractivity contribution in [2.24, 2.45) is 0 Å². The summed E-state index contributed by atoms with van der Waals surface area (Å²) in [6, 6.07) is 10.2. The first-order valence-electron chi connectivity index (χ1n) is 9.87. The summed E-state index contributed by atoms with van der Waals surface area (Å²) in [5.74, 6) is -1.27. The lowest BCUT2D eigenvalue weighted by Crippen LogP contribution is -2.42. The number of hydrogen-bond donors (Lipinski definition) is 1. The van der Waals surface area contributed by atoms with Gasteiger partial charge in [0.05, 0.1) is 17.9 Å². The molecule has 0 spiro atoms. The van der Waals surface area contributed by atoms with Crippen LogP contribution in [0.3, 0.4) is 0 Å². The molecule has 9 nitrogen and oxygen atoms in total. The van der Waals surface area contributed by atoms with Crippen LogP contribution in [0.4, 0.5) is 5.69 Å². The van der Waals surface area contributed by atoms with Crippen molar-refractivity contribution in [1.29, 1.82) is 0 Å². The van der Waals surface area contributed by atoms with Crippen LogP contribution in [-0.2, 0) is 11.3 Å². The Balaban J connectivity index is 1.90. The second-order valence-electron chi connectivity index (χ2n) is 7.64. The van der Waals surface area contributed by atoms with Crippen LogP contribution < -0.4 is 20.9 Å². The molecule has 1 aliphatic heterocycles. The summed E-state index contributed by atoms with van der Waals surface area (Å²) >= 11 is 0. The van der Waals surface area contributed by atoms with Gasteiger partial charge in [-0.2, -0.15) is 0 Å². The average Bonchev–Trinajstić information content (AvgIpc) is 2.76. The number of carboxylic acids is 1. The molecule has 1 N–H and O–H groups in total. The highest BCUT2D eigenvalue weighted by Crippen LogP contribution is 2.32. The number of amides is 1. The van der Waals surface area contributed by atoms with E-state index in [1.807, 2.05) is 26.0 Å². The third-order valence-corrected chi connectivity index (χ3v) is 5.75. The zero-order valence-corrected chi connectivity index (χ0v) is 17.8. The van der Waals surface area contributed by atoms with Crippen LogP contribution in [0.25, 0.3) is 5.69 Å². The first-order valence-corrected chi connectivity index (χ1v) is 9.87. The number of fused-ring (bicyclic) bond motifs is 1. The van der Waals surface area contributed by atoms with E-state index in [1.165, 1.54) is 11.0 Å². The summed E-state index contributed by atoms with van der Waals surface area (Å²) in [4.78, 5) is 51.1. The molecule has 2 heterocycles. The number of carbonyl (C=O) groups is 2. The highest BCUT2D eigenvalue weighted by atomic mass is 16.5. The molecule has 32 heavy (non-hydrogen) atoms. The number of rotatable bonds is 4. The molecule has 0 radical (unpaired) electrons. The molecule has 0 bridgehead atoms. The number of hydrogen-bond acceptors (Lipinski definition) is 5. The van der Waals surface area contributed by atoms with Crippen molar-refractivity contribution in [2.45, 2.75) is 20.4 Å². The molecule has 4 rings (SSSR count). The summed E-state index contributed by atoms with van der Waals surface area (Å²) in [6.07, 6.45) is 1.02. The van der Waals surface area contributed by atoms with Crippen molar-refractivity contribution in [3.05, 3.63) is 85.7 Å². The zero-order valence-electron chi connectivity index (χ0n) is 17.8. The molecule has 0 saturated heterocycles. The van der Waals surface area contributed by atoms with Crippen LogP contribution in [0.2, 0.25) is 0 Å². The summed E-state index contributed by atoms with van der Waals surface area (Å²) in [5, 5.41) is 9.58. The number of carboxylic acid groups (broad SMARTS) is 1. The van der Waals surface area contributed by atoms with Gasteiger partial charge in [-0.3, -0.25) is 18.7 Å². The molecule has 0 saturated carbocycles. The summed E-state index contributed by atoms with van der Waals surface area (Å²) in [5.41, 5.74) is 1.42. The molecule has 164 valence electrons. The summed E-state index contributed by atoms with van der Waals surface area (Å²) in [7, 11) is 1.61. The van der Waals surface area contributed by atoms with Gasteiger partial charge in [-0.1, -0.05) is 18.2 Å². The first-order chi connectivity index (χ1) is 15.2. The molecule has 3 aromatic rings. The SMILES string of the molecule is Cc1cccc(Cn2c(=O)c(C(=O)O)cn(-c3ccc4c(c3)OCC(=O)N4C)c2=O)c1C. The average molecular weight is 435 g/mol. The Morgan fingerprint density at radius 3 is 2.59 bits per heavy atom. The van der Waals surface area contributed by atoms with Crippen molar-refractivity contribution in [3.8, 4) is 11.4 Å². The summed E-state index contributed by atoms with van der Waals surface area (Å²) in [6.45, 7) is 3.59. The van der Waals surface area contributed by atoms with Gasteiger partial charge in [0.1, 0.15) is 11.3 Å². The third kappa shape index (κ3) is 3.47. The van der Waals surface area contributed by atoms with Crippen LogP contribution in [0, 0.1) is 13.8 Å². The minimum Gasteiger partial charge on any atom is -0.481 e. The Bertz CT molecular complexity index is 1390. The summed E-state index contributed by atoms with van der Waals surface area (Å²) < 4.78 is 7.50. The normalized spacial score (nSPS) is 13.0. The van der Waals surface area contributed by atoms with Crippen LogP contribution in [0.1, 0.15) is 27.0 Å². The molecule has 1 aromatic heterocycles. The number of carbonyl (C=O) groups excluding carboxylic acids is 1. The third-order valence-electron chi connectivity index (χ3n) is 5.75. The van der Waals surface area contributed by atoms with E-state index in [0.29, 0.717) is 17.1 Å². The van der Waals surface area contributed by atoms with E-state index in [1.54, 1.807) is 25.2 Å².